The largest absolute Gasteiger partial charge is 0.317 e. The number of pyridine rings is 1. The zero-order chi connectivity index (χ0) is 14.0. The lowest BCUT2D eigenvalue weighted by Gasteiger charge is -2.09. The molecule has 19 heavy (non-hydrogen) atoms. The van der Waals surface area contributed by atoms with Crippen LogP contribution in [0.3, 0.4) is 0 Å². The highest BCUT2D eigenvalue weighted by Gasteiger charge is 2.10. The molecule has 0 aliphatic heterocycles. The Morgan fingerprint density at radius 1 is 1.16 bits per heavy atom. The lowest BCUT2D eigenvalue weighted by Crippen LogP contribution is -2.19. The van der Waals surface area contributed by atoms with Crippen molar-refractivity contribution >= 4 is 0 Å². The molecule has 0 aliphatic rings. The first kappa shape index (κ1) is 13.1. The molecule has 0 aliphatic carbocycles. The maximum atomic E-state index is 11.9. The molecular formula is C16H16N2O. The van der Waals surface area contributed by atoms with Crippen molar-refractivity contribution in [3.8, 4) is 17.2 Å². The zero-order valence-electron chi connectivity index (χ0n) is 11.3. The summed E-state index contributed by atoms with van der Waals surface area (Å²) in [6, 6.07) is 11.8. The summed E-state index contributed by atoms with van der Waals surface area (Å²) in [7, 11) is 1.65. The summed E-state index contributed by atoms with van der Waals surface area (Å²) >= 11 is 0. The van der Waals surface area contributed by atoms with E-state index < -0.39 is 0 Å². The minimum absolute atomic E-state index is 0.197. The summed E-state index contributed by atoms with van der Waals surface area (Å²) < 4.78 is 1.42. The van der Waals surface area contributed by atoms with Gasteiger partial charge in [-0.1, -0.05) is 38.1 Å². The minimum atomic E-state index is -0.257. The van der Waals surface area contributed by atoms with E-state index in [9.17, 15) is 4.79 Å². The van der Waals surface area contributed by atoms with Crippen LogP contribution in [0, 0.1) is 11.3 Å². The van der Waals surface area contributed by atoms with Gasteiger partial charge >= 0.3 is 0 Å². The predicted molar refractivity (Wildman–Crippen MR) is 75.9 cm³/mol. The fourth-order valence-corrected chi connectivity index (χ4v) is 2.03. The highest BCUT2D eigenvalue weighted by atomic mass is 16.1. The van der Waals surface area contributed by atoms with Crippen LogP contribution in [0.15, 0.2) is 41.3 Å². The minimum Gasteiger partial charge on any atom is -0.317 e. The van der Waals surface area contributed by atoms with Gasteiger partial charge in [0.2, 0.25) is 0 Å². The second-order valence-corrected chi connectivity index (χ2v) is 4.91. The molecule has 0 unspecified atom stereocenters. The summed E-state index contributed by atoms with van der Waals surface area (Å²) in [6.45, 7) is 4.27. The maximum Gasteiger partial charge on any atom is 0.268 e. The Balaban J connectivity index is 2.57. The van der Waals surface area contributed by atoms with Gasteiger partial charge in [-0.25, -0.2) is 0 Å². The van der Waals surface area contributed by atoms with Crippen molar-refractivity contribution in [2.45, 2.75) is 19.8 Å². The highest BCUT2D eigenvalue weighted by Crippen LogP contribution is 2.23. The van der Waals surface area contributed by atoms with Gasteiger partial charge in [-0.2, -0.15) is 5.26 Å². The first-order valence-electron chi connectivity index (χ1n) is 6.24. The summed E-state index contributed by atoms with van der Waals surface area (Å²) in [5.41, 5.74) is 2.78. The van der Waals surface area contributed by atoms with Crippen molar-refractivity contribution in [2.24, 2.45) is 7.05 Å². The summed E-state index contributed by atoms with van der Waals surface area (Å²) in [5, 5.41) is 9.16. The van der Waals surface area contributed by atoms with Crippen molar-refractivity contribution in [3.05, 3.63) is 58.0 Å². The van der Waals surface area contributed by atoms with Crippen LogP contribution >= 0.6 is 0 Å². The molecule has 0 radical (unpaired) electrons. The Labute approximate surface area is 112 Å². The van der Waals surface area contributed by atoms with Gasteiger partial charge in [0, 0.05) is 18.8 Å². The molecule has 1 aromatic carbocycles. The highest BCUT2D eigenvalue weighted by molar-refractivity contribution is 5.69. The van der Waals surface area contributed by atoms with Crippen LogP contribution in [0.2, 0.25) is 0 Å². The van der Waals surface area contributed by atoms with E-state index in [4.69, 9.17) is 5.26 Å². The van der Waals surface area contributed by atoms with Crippen molar-refractivity contribution in [3.63, 3.8) is 0 Å². The predicted octanol–water partition coefficient (Wildman–Crippen LogP) is 3.05. The van der Waals surface area contributed by atoms with E-state index >= 15 is 0 Å². The molecule has 0 saturated carbocycles. The van der Waals surface area contributed by atoms with Crippen LogP contribution in [0.5, 0.6) is 0 Å². The fraction of sp³-hybridized carbons (Fsp3) is 0.250. The Bertz CT molecular complexity index is 688. The molecule has 0 saturated heterocycles. The third-order valence-corrected chi connectivity index (χ3v) is 3.27. The number of nitriles is 1. The molecule has 2 rings (SSSR count). The van der Waals surface area contributed by atoms with Gasteiger partial charge in [0.1, 0.15) is 11.6 Å². The van der Waals surface area contributed by atoms with Crippen molar-refractivity contribution in [1.29, 1.82) is 5.26 Å². The van der Waals surface area contributed by atoms with E-state index in [2.05, 4.69) is 13.8 Å². The number of aromatic nitrogens is 1. The molecule has 3 heteroatoms. The van der Waals surface area contributed by atoms with E-state index in [0.717, 1.165) is 5.56 Å². The number of aryl methyl sites for hydroxylation is 1. The molecule has 0 bridgehead atoms. The standard InChI is InChI=1S/C16H16N2O/c1-11(2)12-4-6-13(7-5-12)14-8-9-18(3)16(19)15(14)10-17/h4-9,11H,1-3H3. The average molecular weight is 252 g/mol. The molecule has 0 N–H and O–H groups in total. The van der Waals surface area contributed by atoms with Crippen molar-refractivity contribution in [1.82, 2.24) is 4.57 Å². The van der Waals surface area contributed by atoms with Gasteiger partial charge in [-0.05, 0) is 23.1 Å². The third-order valence-electron chi connectivity index (χ3n) is 3.27. The summed E-state index contributed by atoms with van der Waals surface area (Å²) in [4.78, 5) is 11.9. The Morgan fingerprint density at radius 2 is 1.79 bits per heavy atom. The molecule has 0 amide bonds. The Morgan fingerprint density at radius 3 is 2.32 bits per heavy atom. The van der Waals surface area contributed by atoms with Crippen LogP contribution in [-0.2, 0) is 7.05 Å². The topological polar surface area (TPSA) is 45.8 Å². The van der Waals surface area contributed by atoms with Gasteiger partial charge in [-0.15, -0.1) is 0 Å². The van der Waals surface area contributed by atoms with Gasteiger partial charge in [0.25, 0.3) is 5.56 Å². The van der Waals surface area contributed by atoms with E-state index in [1.165, 1.54) is 10.1 Å². The zero-order valence-corrected chi connectivity index (χ0v) is 11.3. The lowest BCUT2D eigenvalue weighted by molar-refractivity contribution is 0.856. The van der Waals surface area contributed by atoms with Gasteiger partial charge in [-0.3, -0.25) is 4.79 Å². The van der Waals surface area contributed by atoms with Gasteiger partial charge in [0.05, 0.1) is 0 Å². The molecule has 1 heterocycles. The fourth-order valence-electron chi connectivity index (χ4n) is 2.03. The van der Waals surface area contributed by atoms with Crippen LogP contribution in [-0.4, -0.2) is 4.57 Å². The first-order chi connectivity index (χ1) is 9.04. The van der Waals surface area contributed by atoms with Gasteiger partial charge < -0.3 is 4.57 Å². The number of benzene rings is 1. The maximum absolute atomic E-state index is 11.9. The quantitative estimate of drug-likeness (QED) is 0.824. The van der Waals surface area contributed by atoms with Crippen LogP contribution in [0.1, 0.15) is 30.9 Å². The first-order valence-corrected chi connectivity index (χ1v) is 6.24. The van der Waals surface area contributed by atoms with E-state index in [-0.39, 0.29) is 11.1 Å². The summed E-state index contributed by atoms with van der Waals surface area (Å²) in [6.07, 6.45) is 1.69. The van der Waals surface area contributed by atoms with Crippen LogP contribution in [0.25, 0.3) is 11.1 Å². The van der Waals surface area contributed by atoms with Crippen molar-refractivity contribution < 1.29 is 0 Å². The van der Waals surface area contributed by atoms with Crippen LogP contribution < -0.4 is 5.56 Å². The molecular weight excluding hydrogens is 236 g/mol. The molecule has 96 valence electrons. The molecule has 0 fully saturated rings. The monoisotopic (exact) mass is 252 g/mol. The Hall–Kier alpha value is -2.34. The molecule has 2 aromatic rings. The van der Waals surface area contributed by atoms with Crippen LogP contribution in [0.4, 0.5) is 0 Å². The lowest BCUT2D eigenvalue weighted by atomic mass is 9.97. The van der Waals surface area contributed by atoms with E-state index in [1.807, 2.05) is 36.4 Å². The van der Waals surface area contributed by atoms with E-state index in [0.29, 0.717) is 11.5 Å². The second-order valence-electron chi connectivity index (χ2n) is 4.91. The smallest absolute Gasteiger partial charge is 0.268 e. The number of hydrogen-bond acceptors (Lipinski definition) is 2. The molecule has 0 atom stereocenters. The van der Waals surface area contributed by atoms with Crippen molar-refractivity contribution in [2.75, 3.05) is 0 Å². The number of hydrogen-bond donors (Lipinski definition) is 0. The Kier molecular flexibility index (Phi) is 3.52. The molecule has 0 spiro atoms. The second kappa shape index (κ2) is 5.11. The normalized spacial score (nSPS) is 10.5. The molecule has 3 nitrogen and oxygen atoms in total. The number of nitrogens with zero attached hydrogens (tertiary/aromatic N) is 2. The van der Waals surface area contributed by atoms with E-state index in [1.54, 1.807) is 13.2 Å². The number of rotatable bonds is 2. The van der Waals surface area contributed by atoms with Gasteiger partial charge in [0.15, 0.2) is 0 Å². The third kappa shape index (κ3) is 2.43. The average Bonchev–Trinajstić information content (AvgIpc) is 2.41. The summed E-state index contributed by atoms with van der Waals surface area (Å²) in [5.74, 6) is 0.466. The molecule has 1 aromatic heterocycles. The SMILES string of the molecule is CC(C)c1ccc(-c2ccn(C)c(=O)c2C#N)cc1.